The zero-order valence-corrected chi connectivity index (χ0v) is 16.0. The number of rotatable bonds is 2. The van der Waals surface area contributed by atoms with Crippen LogP contribution in [0.25, 0.3) is 10.9 Å². The van der Waals surface area contributed by atoms with Gasteiger partial charge in [0, 0.05) is 36.3 Å². The van der Waals surface area contributed by atoms with Crippen LogP contribution in [0.1, 0.15) is 41.7 Å². The molecular weight excluding hydrogens is 408 g/mol. The second-order valence-electron chi connectivity index (χ2n) is 8.00. The fourth-order valence-electron chi connectivity index (χ4n) is 4.59. The van der Waals surface area contributed by atoms with E-state index in [0.29, 0.717) is 23.9 Å². The van der Waals surface area contributed by atoms with Gasteiger partial charge in [-0.1, -0.05) is 0 Å². The van der Waals surface area contributed by atoms with Crippen molar-refractivity contribution in [3.05, 3.63) is 39.4 Å². The monoisotopic (exact) mass is 428 g/mol. The maximum absolute atomic E-state index is 15.2. The van der Waals surface area contributed by atoms with Crippen LogP contribution in [-0.4, -0.2) is 46.1 Å². The molecular formula is C20H20F4N2O4. The summed E-state index contributed by atoms with van der Waals surface area (Å²) >= 11 is 0. The van der Waals surface area contributed by atoms with Gasteiger partial charge in [-0.3, -0.25) is 4.79 Å². The van der Waals surface area contributed by atoms with Gasteiger partial charge in [-0.25, -0.2) is 9.18 Å². The summed E-state index contributed by atoms with van der Waals surface area (Å²) < 4.78 is 56.8. The SMILES string of the molecule is CC1CCc2c(N3CC[C@H](O)C(C(F)(F)F)C3)c(F)cc3c(=O)c(C(=O)O)cn1c23. The second-order valence-corrected chi connectivity index (χ2v) is 8.00. The normalized spacial score (nSPS) is 24.3. The van der Waals surface area contributed by atoms with Gasteiger partial charge >= 0.3 is 12.1 Å². The van der Waals surface area contributed by atoms with E-state index in [-0.39, 0.29) is 30.1 Å². The van der Waals surface area contributed by atoms with Gasteiger partial charge in [-0.15, -0.1) is 0 Å². The number of aryl methyl sites for hydroxylation is 1. The lowest BCUT2D eigenvalue weighted by Crippen LogP contribution is -2.50. The Balaban J connectivity index is 1.93. The smallest absolute Gasteiger partial charge is 0.395 e. The highest BCUT2D eigenvalue weighted by Crippen LogP contribution is 2.41. The first-order valence-corrected chi connectivity index (χ1v) is 9.64. The summed E-state index contributed by atoms with van der Waals surface area (Å²) in [5.41, 5.74) is -0.555. The largest absolute Gasteiger partial charge is 0.477 e. The zero-order valence-electron chi connectivity index (χ0n) is 16.0. The van der Waals surface area contributed by atoms with E-state index in [4.69, 9.17) is 0 Å². The molecule has 2 unspecified atom stereocenters. The number of alkyl halides is 3. The molecule has 2 aromatic rings. The second kappa shape index (κ2) is 6.97. The Morgan fingerprint density at radius 3 is 2.60 bits per heavy atom. The topological polar surface area (TPSA) is 82.8 Å². The molecule has 2 aliphatic rings. The van der Waals surface area contributed by atoms with Gasteiger partial charge < -0.3 is 19.7 Å². The number of carbonyl (C=O) groups is 1. The Labute approximate surface area is 168 Å². The van der Waals surface area contributed by atoms with E-state index in [2.05, 4.69) is 0 Å². The van der Waals surface area contributed by atoms with Gasteiger partial charge in [0.25, 0.3) is 0 Å². The maximum Gasteiger partial charge on any atom is 0.395 e. The van der Waals surface area contributed by atoms with Crippen molar-refractivity contribution in [2.45, 2.75) is 44.5 Å². The molecule has 0 spiro atoms. The standard InChI is InChI=1S/C20H20F4N2O4/c1-9-2-3-10-16-11(18(28)12(19(29)30)7-26(9)16)6-14(21)17(10)25-5-4-15(27)13(8-25)20(22,23)24/h6-7,9,13,15,27H,2-5,8H2,1H3,(H,29,30)/t9?,13?,15-/m0/s1. The molecule has 0 bridgehead atoms. The average molecular weight is 428 g/mol. The minimum atomic E-state index is -4.63. The maximum atomic E-state index is 15.2. The number of aromatic carboxylic acids is 1. The zero-order chi connectivity index (χ0) is 22.0. The van der Waals surface area contributed by atoms with Crippen molar-refractivity contribution in [3.63, 3.8) is 0 Å². The summed E-state index contributed by atoms with van der Waals surface area (Å²) in [7, 11) is 0. The summed E-state index contributed by atoms with van der Waals surface area (Å²) in [6.45, 7) is 1.28. The van der Waals surface area contributed by atoms with Gasteiger partial charge in [-0.2, -0.15) is 13.2 Å². The van der Waals surface area contributed by atoms with Crippen molar-refractivity contribution in [3.8, 4) is 0 Å². The van der Waals surface area contributed by atoms with Gasteiger partial charge in [0.15, 0.2) is 0 Å². The first-order chi connectivity index (χ1) is 14.0. The molecule has 4 rings (SSSR count). The number of aromatic nitrogens is 1. The van der Waals surface area contributed by atoms with E-state index in [0.717, 1.165) is 6.07 Å². The summed E-state index contributed by atoms with van der Waals surface area (Å²) in [5.74, 6) is -4.30. The lowest BCUT2D eigenvalue weighted by atomic mass is 9.90. The number of benzene rings is 1. The Morgan fingerprint density at radius 1 is 1.27 bits per heavy atom. The van der Waals surface area contributed by atoms with Crippen molar-refractivity contribution < 1.29 is 32.6 Å². The van der Waals surface area contributed by atoms with Crippen LogP contribution in [0.2, 0.25) is 0 Å². The van der Waals surface area contributed by atoms with Gasteiger partial charge in [0.2, 0.25) is 5.43 Å². The molecule has 1 aromatic carbocycles. The number of halogens is 4. The summed E-state index contributed by atoms with van der Waals surface area (Å²) in [4.78, 5) is 25.4. The van der Waals surface area contributed by atoms with E-state index in [1.807, 2.05) is 6.92 Å². The Bertz CT molecular complexity index is 1100. The molecule has 1 fully saturated rings. The molecule has 3 atom stereocenters. The van der Waals surface area contributed by atoms with Crippen LogP contribution in [-0.2, 0) is 6.42 Å². The molecule has 10 heteroatoms. The minimum Gasteiger partial charge on any atom is -0.477 e. The third-order valence-corrected chi connectivity index (χ3v) is 6.17. The third kappa shape index (κ3) is 3.13. The molecule has 0 aliphatic carbocycles. The van der Waals surface area contributed by atoms with Gasteiger partial charge in [0.1, 0.15) is 11.4 Å². The van der Waals surface area contributed by atoms with Crippen LogP contribution in [0.3, 0.4) is 0 Å². The first-order valence-electron chi connectivity index (χ1n) is 9.64. The Hall–Kier alpha value is -2.62. The molecule has 2 N–H and O–H groups in total. The highest BCUT2D eigenvalue weighted by molar-refractivity contribution is 5.95. The molecule has 2 aliphatic heterocycles. The number of anilines is 1. The number of hydrogen-bond donors (Lipinski definition) is 2. The minimum absolute atomic E-state index is 0.00762. The van der Waals surface area contributed by atoms with E-state index in [9.17, 15) is 33.0 Å². The van der Waals surface area contributed by atoms with Crippen molar-refractivity contribution >= 4 is 22.6 Å². The molecule has 6 nitrogen and oxygen atoms in total. The first kappa shape index (κ1) is 20.6. The molecule has 0 radical (unpaired) electrons. The van der Waals surface area contributed by atoms with Crippen molar-refractivity contribution in [1.82, 2.24) is 4.57 Å². The number of piperidine rings is 1. The molecule has 0 saturated carbocycles. The van der Waals surface area contributed by atoms with E-state index in [1.165, 1.54) is 11.1 Å². The van der Waals surface area contributed by atoms with Crippen LogP contribution in [0.5, 0.6) is 0 Å². The lowest BCUT2D eigenvalue weighted by Gasteiger charge is -2.40. The lowest BCUT2D eigenvalue weighted by molar-refractivity contribution is -0.200. The number of carboxylic acid groups (broad SMARTS) is 1. The van der Waals surface area contributed by atoms with E-state index in [1.54, 1.807) is 4.57 Å². The van der Waals surface area contributed by atoms with Crippen molar-refractivity contribution in [2.24, 2.45) is 5.92 Å². The number of pyridine rings is 1. The van der Waals surface area contributed by atoms with Crippen LogP contribution < -0.4 is 10.3 Å². The van der Waals surface area contributed by atoms with Crippen LogP contribution in [0, 0.1) is 11.7 Å². The quantitative estimate of drug-likeness (QED) is 0.719. The summed E-state index contributed by atoms with van der Waals surface area (Å²) in [5, 5.41) is 19.0. The van der Waals surface area contributed by atoms with Gasteiger partial charge in [0.05, 0.1) is 23.2 Å². The average Bonchev–Trinajstić information content (AvgIpc) is 2.65. The van der Waals surface area contributed by atoms with E-state index < -0.39 is 47.5 Å². The molecule has 30 heavy (non-hydrogen) atoms. The predicted molar refractivity (Wildman–Crippen MR) is 101 cm³/mol. The molecule has 0 amide bonds. The van der Waals surface area contributed by atoms with Crippen LogP contribution in [0.4, 0.5) is 23.2 Å². The highest BCUT2D eigenvalue weighted by atomic mass is 19.4. The summed E-state index contributed by atoms with van der Waals surface area (Å²) in [6, 6.07) is 0.758. The molecule has 1 aromatic heterocycles. The molecule has 1 saturated heterocycles. The number of nitrogens with zero attached hydrogens (tertiary/aromatic N) is 2. The predicted octanol–water partition coefficient (Wildman–Crippen LogP) is 3.10. The fourth-order valence-corrected chi connectivity index (χ4v) is 4.59. The highest BCUT2D eigenvalue weighted by Gasteiger charge is 2.47. The molecule has 162 valence electrons. The number of hydrogen-bond acceptors (Lipinski definition) is 4. The Kier molecular flexibility index (Phi) is 4.80. The van der Waals surface area contributed by atoms with E-state index >= 15 is 4.39 Å². The Morgan fingerprint density at radius 2 is 1.97 bits per heavy atom. The fraction of sp³-hybridized carbons (Fsp3) is 0.500. The van der Waals surface area contributed by atoms with Crippen LogP contribution in [0.15, 0.2) is 17.1 Å². The number of carboxylic acids is 1. The number of aliphatic hydroxyl groups excluding tert-OH is 1. The molecule has 3 heterocycles. The van der Waals surface area contributed by atoms with Crippen molar-refractivity contribution in [2.75, 3.05) is 18.0 Å². The van der Waals surface area contributed by atoms with Crippen molar-refractivity contribution in [1.29, 1.82) is 0 Å². The number of aliphatic hydroxyl groups is 1. The van der Waals surface area contributed by atoms with Gasteiger partial charge in [-0.05, 0) is 32.3 Å². The van der Waals surface area contributed by atoms with Crippen LogP contribution >= 0.6 is 0 Å². The third-order valence-electron chi connectivity index (χ3n) is 6.17. The summed E-state index contributed by atoms with van der Waals surface area (Å²) in [6.07, 6.45) is -4.28.